The number of alkyl halides is 3. The first-order chi connectivity index (χ1) is 14.9. The molecule has 0 saturated carbocycles. The second kappa shape index (κ2) is 9.34. The maximum atomic E-state index is 13.2. The first-order valence-electron chi connectivity index (χ1n) is 10.9. The maximum Gasteiger partial charge on any atom is 0.416 e. The SMILES string of the molecule is C=S(=C)(c1cccc(C(F)(F)F)c1)C(C)(C)C1CCN(C(=O)CCc2ccccc2)CC1. The van der Waals surface area contributed by atoms with Crippen LogP contribution in [0.4, 0.5) is 13.2 Å². The molecule has 2 aromatic rings. The number of carbonyl (C=O) groups is 1. The lowest BCUT2D eigenvalue weighted by molar-refractivity contribution is -0.137. The second-order valence-corrected chi connectivity index (χ2v) is 12.4. The summed E-state index contributed by atoms with van der Waals surface area (Å²) in [5.41, 5.74) is 0.495. The molecule has 2 aromatic carbocycles. The van der Waals surface area contributed by atoms with E-state index in [9.17, 15) is 18.0 Å². The van der Waals surface area contributed by atoms with Gasteiger partial charge in [0.1, 0.15) is 0 Å². The first-order valence-corrected chi connectivity index (χ1v) is 12.9. The van der Waals surface area contributed by atoms with Crippen LogP contribution in [0.5, 0.6) is 0 Å². The van der Waals surface area contributed by atoms with E-state index in [4.69, 9.17) is 0 Å². The lowest BCUT2D eigenvalue weighted by Crippen LogP contribution is -2.44. The van der Waals surface area contributed by atoms with Gasteiger partial charge in [-0.3, -0.25) is 4.79 Å². The van der Waals surface area contributed by atoms with Crippen LogP contribution in [0.2, 0.25) is 0 Å². The van der Waals surface area contributed by atoms with Gasteiger partial charge in [0, 0.05) is 24.3 Å². The van der Waals surface area contributed by atoms with E-state index in [1.165, 1.54) is 12.1 Å². The molecule has 0 aromatic heterocycles. The normalized spacial score (nSPS) is 16.2. The Hall–Kier alpha value is -2.21. The standard InChI is InChI=1S/C26H32F3NOS/c1-25(2,32(3,4)23-12-8-11-22(19-23)26(27,28)29)21-15-17-30(18-16-21)24(31)14-13-20-9-6-5-7-10-20/h5-12,19,21H,3-4,13-18H2,1-2H3. The topological polar surface area (TPSA) is 20.3 Å². The van der Waals surface area contributed by atoms with Crippen LogP contribution in [0.1, 0.15) is 44.2 Å². The lowest BCUT2D eigenvalue weighted by atomic mass is 9.85. The van der Waals surface area contributed by atoms with Gasteiger partial charge in [0.05, 0.1) is 5.56 Å². The summed E-state index contributed by atoms with van der Waals surface area (Å²) in [6.45, 7) is 5.47. The van der Waals surface area contributed by atoms with E-state index in [1.54, 1.807) is 6.07 Å². The molecular formula is C26H32F3NOS. The molecule has 0 spiro atoms. The molecule has 0 N–H and O–H groups in total. The van der Waals surface area contributed by atoms with E-state index < -0.39 is 20.9 Å². The molecule has 32 heavy (non-hydrogen) atoms. The van der Waals surface area contributed by atoms with Gasteiger partial charge < -0.3 is 4.90 Å². The highest BCUT2D eigenvalue weighted by Gasteiger charge is 2.38. The third-order valence-corrected chi connectivity index (χ3v) is 10.4. The zero-order chi connectivity index (χ0) is 23.6. The molecule has 0 bridgehead atoms. The minimum absolute atomic E-state index is 0.158. The monoisotopic (exact) mass is 463 g/mol. The Kier molecular flexibility index (Phi) is 7.13. The van der Waals surface area contributed by atoms with Crippen molar-refractivity contribution in [2.24, 2.45) is 5.92 Å². The summed E-state index contributed by atoms with van der Waals surface area (Å²) in [4.78, 5) is 15.2. The molecule has 1 saturated heterocycles. The fourth-order valence-electron chi connectivity index (χ4n) is 4.42. The van der Waals surface area contributed by atoms with Gasteiger partial charge in [-0.15, -0.1) is 0 Å². The molecule has 174 valence electrons. The minimum atomic E-state index is -4.39. The van der Waals surface area contributed by atoms with Crippen molar-refractivity contribution in [2.45, 2.75) is 55.3 Å². The largest absolute Gasteiger partial charge is 0.416 e. The molecule has 1 aliphatic rings. The summed E-state index contributed by atoms with van der Waals surface area (Å²) >= 11 is 0. The third kappa shape index (κ3) is 5.22. The number of carbonyl (C=O) groups excluding carboxylic acids is 1. The highest BCUT2D eigenvalue weighted by Crippen LogP contribution is 2.52. The molecule has 1 heterocycles. The van der Waals surface area contributed by atoms with Crippen molar-refractivity contribution in [3.05, 3.63) is 65.7 Å². The van der Waals surface area contributed by atoms with Crippen LogP contribution in [-0.4, -0.2) is 40.4 Å². The molecule has 6 heteroatoms. The van der Waals surface area contributed by atoms with Crippen LogP contribution in [0, 0.1) is 5.92 Å². The van der Waals surface area contributed by atoms with Crippen molar-refractivity contribution in [1.29, 1.82) is 0 Å². The van der Waals surface area contributed by atoms with Crippen LogP contribution in [0.25, 0.3) is 0 Å². The summed E-state index contributed by atoms with van der Waals surface area (Å²) in [5, 5.41) is 0. The van der Waals surface area contributed by atoms with Gasteiger partial charge in [-0.1, -0.05) is 62.0 Å². The Balaban J connectivity index is 1.65. The van der Waals surface area contributed by atoms with Crippen molar-refractivity contribution < 1.29 is 18.0 Å². The maximum absolute atomic E-state index is 13.2. The highest BCUT2D eigenvalue weighted by atomic mass is 32.2. The molecule has 0 unspecified atom stereocenters. The summed E-state index contributed by atoms with van der Waals surface area (Å²) in [6.07, 6.45) is -1.55. The Morgan fingerprint density at radius 3 is 2.25 bits per heavy atom. The summed E-state index contributed by atoms with van der Waals surface area (Å²) in [5.74, 6) is 9.10. The van der Waals surface area contributed by atoms with Gasteiger partial charge in [0.25, 0.3) is 0 Å². The summed E-state index contributed by atoms with van der Waals surface area (Å²) < 4.78 is 39.3. The quantitative estimate of drug-likeness (QED) is 0.455. The van der Waals surface area contributed by atoms with Crippen LogP contribution in [0.3, 0.4) is 0 Å². The molecule has 3 rings (SSSR count). The van der Waals surface area contributed by atoms with E-state index in [-0.39, 0.29) is 16.6 Å². The smallest absolute Gasteiger partial charge is 0.343 e. The molecule has 0 atom stereocenters. The Labute approximate surface area is 189 Å². The number of benzene rings is 2. The molecule has 1 fully saturated rings. The van der Waals surface area contributed by atoms with Crippen molar-refractivity contribution in [3.63, 3.8) is 0 Å². The van der Waals surface area contributed by atoms with Gasteiger partial charge >= 0.3 is 6.18 Å². The Bertz CT molecular complexity index is 1030. The highest BCUT2D eigenvalue weighted by molar-refractivity contribution is 8.28. The van der Waals surface area contributed by atoms with Crippen molar-refractivity contribution in [3.8, 4) is 0 Å². The predicted molar refractivity (Wildman–Crippen MR) is 130 cm³/mol. The minimum Gasteiger partial charge on any atom is -0.343 e. The van der Waals surface area contributed by atoms with Gasteiger partial charge in [-0.25, -0.2) is 0 Å². The van der Waals surface area contributed by atoms with Gasteiger partial charge in [-0.2, -0.15) is 22.4 Å². The van der Waals surface area contributed by atoms with Gasteiger partial charge in [0.15, 0.2) is 0 Å². The first kappa shape index (κ1) is 24.4. The number of piperidine rings is 1. The number of hydrogen-bond donors (Lipinski definition) is 0. The predicted octanol–water partition coefficient (Wildman–Crippen LogP) is 6.38. The third-order valence-electron chi connectivity index (χ3n) is 6.92. The van der Waals surface area contributed by atoms with E-state index in [1.807, 2.05) is 35.2 Å². The van der Waals surface area contributed by atoms with Crippen LogP contribution in [-0.2, 0) is 17.4 Å². The molecule has 0 radical (unpaired) electrons. The van der Waals surface area contributed by atoms with Crippen molar-refractivity contribution >= 4 is 26.9 Å². The van der Waals surface area contributed by atoms with Crippen molar-refractivity contribution in [2.75, 3.05) is 13.1 Å². The Morgan fingerprint density at radius 1 is 1.03 bits per heavy atom. The zero-order valence-electron chi connectivity index (χ0n) is 18.8. The summed E-state index contributed by atoms with van der Waals surface area (Å²) in [6, 6.07) is 15.4. The van der Waals surface area contributed by atoms with Crippen LogP contribution >= 0.6 is 9.21 Å². The fraction of sp³-hybridized carbons (Fsp3) is 0.423. The second-order valence-electron chi connectivity index (χ2n) is 9.15. The fourth-order valence-corrected chi connectivity index (χ4v) is 6.59. The van der Waals surface area contributed by atoms with Gasteiger partial charge in [-0.05, 0) is 53.8 Å². The number of halogens is 3. The molecular weight excluding hydrogens is 431 g/mol. The number of amides is 1. The number of aryl methyl sites for hydroxylation is 1. The Morgan fingerprint density at radius 2 is 1.66 bits per heavy atom. The molecule has 1 amide bonds. The van der Waals surface area contributed by atoms with Crippen LogP contribution in [0.15, 0.2) is 59.5 Å². The molecule has 1 aliphatic heterocycles. The van der Waals surface area contributed by atoms with E-state index in [0.29, 0.717) is 24.4 Å². The average Bonchev–Trinajstić information content (AvgIpc) is 2.77. The van der Waals surface area contributed by atoms with Crippen LogP contribution < -0.4 is 0 Å². The average molecular weight is 464 g/mol. The van der Waals surface area contributed by atoms with E-state index in [0.717, 1.165) is 30.9 Å². The molecule has 0 aliphatic carbocycles. The van der Waals surface area contributed by atoms with E-state index >= 15 is 0 Å². The number of rotatable bonds is 6. The van der Waals surface area contributed by atoms with Crippen molar-refractivity contribution in [1.82, 2.24) is 4.90 Å². The van der Waals surface area contributed by atoms with E-state index in [2.05, 4.69) is 25.6 Å². The van der Waals surface area contributed by atoms with Gasteiger partial charge in [0.2, 0.25) is 5.91 Å². The summed E-state index contributed by atoms with van der Waals surface area (Å²) in [7, 11) is -2.01. The lowest BCUT2D eigenvalue weighted by Gasteiger charge is -2.45. The number of nitrogens with zero attached hydrogens (tertiary/aromatic N) is 1. The number of likely N-dealkylation sites (tertiary alicyclic amines) is 1. The number of hydrogen-bond acceptors (Lipinski definition) is 1. The molecule has 2 nitrogen and oxygen atoms in total. The zero-order valence-corrected chi connectivity index (χ0v) is 19.6.